The molecule has 0 unspecified atom stereocenters. The Morgan fingerprint density at radius 3 is 2.64 bits per heavy atom. The van der Waals surface area contributed by atoms with Crippen LogP contribution in [0.3, 0.4) is 0 Å². The highest BCUT2D eigenvalue weighted by Crippen LogP contribution is 2.12. The molecule has 0 amide bonds. The molecular weight excluding hydrogens is 437 g/mol. The highest BCUT2D eigenvalue weighted by molar-refractivity contribution is 14.0. The van der Waals surface area contributed by atoms with Gasteiger partial charge in [-0.3, -0.25) is 4.99 Å². The Bertz CT molecular complexity index is 594. The molecular formula is C14H23ClIN3O2S. The van der Waals surface area contributed by atoms with Crippen LogP contribution in [-0.4, -0.2) is 51.4 Å². The van der Waals surface area contributed by atoms with Crippen molar-refractivity contribution in [2.45, 2.75) is 13.5 Å². The van der Waals surface area contributed by atoms with Gasteiger partial charge in [0.2, 0.25) is 0 Å². The first-order valence-corrected chi connectivity index (χ1v) is 9.17. The minimum absolute atomic E-state index is 0. The number of halogens is 2. The molecule has 0 spiro atoms. The molecule has 0 aliphatic heterocycles. The summed E-state index contributed by atoms with van der Waals surface area (Å²) < 4.78 is 22.3. The lowest BCUT2D eigenvalue weighted by molar-refractivity contribution is 0.477. The summed E-state index contributed by atoms with van der Waals surface area (Å²) in [4.78, 5) is 6.28. The lowest BCUT2D eigenvalue weighted by Gasteiger charge is -2.22. The van der Waals surface area contributed by atoms with E-state index in [1.54, 1.807) is 0 Å². The summed E-state index contributed by atoms with van der Waals surface area (Å²) >= 11 is 5.97. The molecule has 126 valence electrons. The van der Waals surface area contributed by atoms with Crippen molar-refractivity contribution in [1.29, 1.82) is 0 Å². The Labute approximate surface area is 155 Å². The zero-order valence-electron chi connectivity index (χ0n) is 13.0. The number of rotatable bonds is 6. The molecule has 0 radical (unpaired) electrons. The number of aliphatic imine (C=N–C) groups is 1. The van der Waals surface area contributed by atoms with Crippen molar-refractivity contribution in [2.75, 3.05) is 32.1 Å². The topological polar surface area (TPSA) is 61.8 Å². The standard InChI is InChI=1S/C14H22ClN3O2S.HI/c1-4-16-14(17-8-9-21(3,19)20)18(2)11-12-6-5-7-13(15)10-12;/h5-7,10H,4,8-9,11H2,1-3H3,(H,16,17);1H. The molecule has 0 saturated heterocycles. The Morgan fingerprint density at radius 2 is 2.09 bits per heavy atom. The number of sulfone groups is 1. The lowest BCUT2D eigenvalue weighted by atomic mass is 10.2. The minimum atomic E-state index is -3.00. The number of benzene rings is 1. The Balaban J connectivity index is 0.00000441. The molecule has 1 rings (SSSR count). The van der Waals surface area contributed by atoms with Crippen molar-refractivity contribution in [3.8, 4) is 0 Å². The Morgan fingerprint density at radius 1 is 1.41 bits per heavy atom. The van der Waals surface area contributed by atoms with Gasteiger partial charge in [-0.05, 0) is 24.6 Å². The predicted octanol–water partition coefficient (Wildman–Crippen LogP) is 2.40. The van der Waals surface area contributed by atoms with Gasteiger partial charge in [0.25, 0.3) is 0 Å². The fourth-order valence-corrected chi connectivity index (χ4v) is 2.41. The van der Waals surface area contributed by atoms with E-state index in [0.29, 0.717) is 17.5 Å². The molecule has 0 bridgehead atoms. The maximum atomic E-state index is 11.2. The molecule has 8 heteroatoms. The zero-order chi connectivity index (χ0) is 15.9. The second-order valence-corrected chi connectivity index (χ2v) is 7.55. The van der Waals surface area contributed by atoms with E-state index >= 15 is 0 Å². The second kappa shape index (κ2) is 10.3. The number of hydrogen-bond acceptors (Lipinski definition) is 3. The van der Waals surface area contributed by atoms with Gasteiger partial charge < -0.3 is 10.2 Å². The molecule has 0 aromatic heterocycles. The zero-order valence-corrected chi connectivity index (χ0v) is 16.9. The van der Waals surface area contributed by atoms with Gasteiger partial charge in [-0.1, -0.05) is 23.7 Å². The molecule has 1 aromatic carbocycles. The summed E-state index contributed by atoms with van der Waals surface area (Å²) in [5.74, 6) is 0.730. The van der Waals surface area contributed by atoms with Gasteiger partial charge in [-0.2, -0.15) is 0 Å². The summed E-state index contributed by atoms with van der Waals surface area (Å²) in [7, 11) is -1.09. The van der Waals surface area contributed by atoms with E-state index in [1.165, 1.54) is 6.26 Å². The van der Waals surface area contributed by atoms with Crippen molar-refractivity contribution >= 4 is 51.4 Å². The van der Waals surface area contributed by atoms with Gasteiger partial charge in [-0.25, -0.2) is 8.42 Å². The highest BCUT2D eigenvalue weighted by Gasteiger charge is 2.08. The van der Waals surface area contributed by atoms with Gasteiger partial charge in [0, 0.05) is 31.4 Å². The van der Waals surface area contributed by atoms with E-state index in [0.717, 1.165) is 12.1 Å². The van der Waals surface area contributed by atoms with Gasteiger partial charge in [0.1, 0.15) is 9.84 Å². The van der Waals surface area contributed by atoms with Crippen LogP contribution in [0.1, 0.15) is 12.5 Å². The average molecular weight is 460 g/mol. The molecule has 5 nitrogen and oxygen atoms in total. The average Bonchev–Trinajstić information content (AvgIpc) is 2.36. The van der Waals surface area contributed by atoms with Gasteiger partial charge in [-0.15, -0.1) is 24.0 Å². The maximum Gasteiger partial charge on any atom is 0.193 e. The number of guanidine groups is 1. The summed E-state index contributed by atoms with van der Waals surface area (Å²) in [5, 5.41) is 3.85. The summed E-state index contributed by atoms with van der Waals surface area (Å²) in [6, 6.07) is 7.62. The monoisotopic (exact) mass is 459 g/mol. The largest absolute Gasteiger partial charge is 0.357 e. The third-order valence-electron chi connectivity index (χ3n) is 2.73. The normalized spacial score (nSPS) is 11.7. The van der Waals surface area contributed by atoms with Crippen LogP contribution in [0.5, 0.6) is 0 Å². The SMILES string of the molecule is CCNC(=NCCS(C)(=O)=O)N(C)Cc1cccc(Cl)c1.I. The molecule has 1 N–H and O–H groups in total. The molecule has 0 heterocycles. The van der Waals surface area contributed by atoms with Gasteiger partial charge in [0.05, 0.1) is 12.3 Å². The van der Waals surface area contributed by atoms with Crippen LogP contribution in [0.25, 0.3) is 0 Å². The van der Waals surface area contributed by atoms with Crippen LogP contribution in [-0.2, 0) is 16.4 Å². The molecule has 0 saturated carbocycles. The fraction of sp³-hybridized carbons (Fsp3) is 0.500. The fourth-order valence-electron chi connectivity index (χ4n) is 1.77. The third kappa shape index (κ3) is 8.79. The highest BCUT2D eigenvalue weighted by atomic mass is 127. The van der Waals surface area contributed by atoms with Crippen LogP contribution in [0.4, 0.5) is 0 Å². The summed E-state index contributed by atoms with van der Waals surface area (Å²) in [6.07, 6.45) is 1.21. The quantitative estimate of drug-likeness (QED) is 0.403. The van der Waals surface area contributed by atoms with Crippen LogP contribution in [0.2, 0.25) is 5.02 Å². The van der Waals surface area contributed by atoms with E-state index < -0.39 is 9.84 Å². The summed E-state index contributed by atoms with van der Waals surface area (Å²) in [5.41, 5.74) is 1.07. The van der Waals surface area contributed by atoms with Crippen LogP contribution >= 0.6 is 35.6 Å². The molecule has 1 aromatic rings. The van der Waals surface area contributed by atoms with E-state index in [4.69, 9.17) is 11.6 Å². The van der Waals surface area contributed by atoms with Crippen molar-refractivity contribution in [1.82, 2.24) is 10.2 Å². The number of nitrogens with zero attached hydrogens (tertiary/aromatic N) is 2. The first-order valence-electron chi connectivity index (χ1n) is 6.73. The third-order valence-corrected chi connectivity index (χ3v) is 3.89. The maximum absolute atomic E-state index is 11.2. The molecule has 0 aliphatic carbocycles. The molecule has 0 atom stereocenters. The van der Waals surface area contributed by atoms with Gasteiger partial charge in [0.15, 0.2) is 5.96 Å². The van der Waals surface area contributed by atoms with E-state index in [9.17, 15) is 8.42 Å². The van der Waals surface area contributed by atoms with Crippen LogP contribution in [0.15, 0.2) is 29.3 Å². The van der Waals surface area contributed by atoms with Gasteiger partial charge >= 0.3 is 0 Å². The van der Waals surface area contributed by atoms with Crippen molar-refractivity contribution < 1.29 is 8.42 Å². The Hall–Kier alpha value is -0.540. The minimum Gasteiger partial charge on any atom is -0.357 e. The first-order chi connectivity index (χ1) is 9.81. The van der Waals surface area contributed by atoms with Crippen LogP contribution < -0.4 is 5.32 Å². The number of nitrogens with one attached hydrogen (secondary N) is 1. The van der Waals surface area contributed by atoms with Crippen molar-refractivity contribution in [3.05, 3.63) is 34.9 Å². The smallest absolute Gasteiger partial charge is 0.193 e. The number of hydrogen-bond donors (Lipinski definition) is 1. The van der Waals surface area contributed by atoms with Crippen molar-refractivity contribution in [3.63, 3.8) is 0 Å². The van der Waals surface area contributed by atoms with Crippen LogP contribution in [0, 0.1) is 0 Å². The second-order valence-electron chi connectivity index (χ2n) is 4.85. The van der Waals surface area contributed by atoms with Crippen molar-refractivity contribution in [2.24, 2.45) is 4.99 Å². The molecule has 0 aliphatic rings. The predicted molar refractivity (Wildman–Crippen MR) is 104 cm³/mol. The molecule has 22 heavy (non-hydrogen) atoms. The van der Waals surface area contributed by atoms with E-state index in [1.807, 2.05) is 43.1 Å². The lowest BCUT2D eigenvalue weighted by Crippen LogP contribution is -2.38. The van der Waals surface area contributed by atoms with E-state index in [-0.39, 0.29) is 36.3 Å². The first kappa shape index (κ1) is 21.5. The van der Waals surface area contributed by atoms with E-state index in [2.05, 4.69) is 10.3 Å². The molecule has 0 fully saturated rings. The summed E-state index contributed by atoms with van der Waals surface area (Å²) in [6.45, 7) is 3.59. The Kier molecular flexibility index (Phi) is 10.0.